The van der Waals surface area contributed by atoms with E-state index in [1.54, 1.807) is 6.07 Å². The van der Waals surface area contributed by atoms with Crippen molar-refractivity contribution >= 4 is 52.8 Å². The molecule has 0 aliphatic carbocycles. The Morgan fingerprint density at radius 1 is 1.10 bits per heavy atom. The van der Waals surface area contributed by atoms with E-state index in [0.717, 1.165) is 4.90 Å². The van der Waals surface area contributed by atoms with Crippen molar-refractivity contribution in [3.05, 3.63) is 76.6 Å². The fourth-order valence-corrected chi connectivity index (χ4v) is 4.19. The van der Waals surface area contributed by atoms with Gasteiger partial charge < -0.3 is 24.3 Å². The van der Waals surface area contributed by atoms with Gasteiger partial charge in [-0.15, -0.1) is 0 Å². The first-order valence-corrected chi connectivity index (χ1v) is 12.0. The Morgan fingerprint density at radius 2 is 1.85 bits per heavy atom. The summed E-state index contributed by atoms with van der Waals surface area (Å²) in [5, 5.41) is 4.71. The molecule has 13 heteroatoms. The predicted octanol–water partition coefficient (Wildman–Crippen LogP) is 3.90. The molecule has 2 heterocycles. The first-order valence-electron chi connectivity index (χ1n) is 11.6. The van der Waals surface area contributed by atoms with E-state index in [-0.39, 0.29) is 40.1 Å². The van der Waals surface area contributed by atoms with Crippen LogP contribution in [0.1, 0.15) is 5.56 Å². The Bertz CT molecular complexity index is 1570. The van der Waals surface area contributed by atoms with Crippen molar-refractivity contribution in [1.82, 2.24) is 5.32 Å². The number of amides is 5. The number of imide groups is 2. The van der Waals surface area contributed by atoms with Gasteiger partial charge in [-0.2, -0.15) is 0 Å². The number of halogens is 2. The van der Waals surface area contributed by atoms with E-state index < -0.39 is 36.2 Å². The van der Waals surface area contributed by atoms with Crippen LogP contribution in [0.15, 0.2) is 60.2 Å². The third-order valence-electron chi connectivity index (χ3n) is 5.75. The largest absolute Gasteiger partial charge is 0.493 e. The number of ether oxygens (including phenoxy) is 4. The smallest absolute Gasteiger partial charge is 0.335 e. The molecule has 0 atom stereocenters. The van der Waals surface area contributed by atoms with Crippen molar-refractivity contribution in [2.24, 2.45) is 0 Å². The van der Waals surface area contributed by atoms with Crippen LogP contribution < -0.4 is 34.5 Å². The van der Waals surface area contributed by atoms with Crippen LogP contribution in [0.25, 0.3) is 6.08 Å². The normalized spacial score (nSPS) is 15.2. The molecule has 3 aromatic carbocycles. The number of barbiturate groups is 1. The van der Waals surface area contributed by atoms with E-state index in [9.17, 15) is 23.6 Å². The first kappa shape index (κ1) is 26.5. The number of carbonyl (C=O) groups excluding carboxylic acids is 4. The number of urea groups is 1. The summed E-state index contributed by atoms with van der Waals surface area (Å²) in [5.41, 5.74) is 0.480. The number of nitrogens with zero attached hydrogens (tertiary/aromatic N) is 1. The van der Waals surface area contributed by atoms with Crippen molar-refractivity contribution in [2.75, 3.05) is 30.7 Å². The lowest BCUT2D eigenvalue weighted by atomic mass is 10.1. The lowest BCUT2D eigenvalue weighted by Gasteiger charge is -2.26. The van der Waals surface area contributed by atoms with E-state index in [1.807, 2.05) is 0 Å². The standard InChI is InChI=1S/C27H19ClFN3O8/c1-37-22-10-14(9-19(28)24(22)38-12-23(33)30-16-4-2-15(29)3-5-16)8-18-25(34)31-27(36)32(26(18)35)17-6-7-20-21(11-17)40-13-39-20/h2-11H,12-13H2,1H3,(H,30,33)(H,31,34,36)/b18-8+. The van der Waals surface area contributed by atoms with Crippen LogP contribution >= 0.6 is 11.6 Å². The minimum absolute atomic E-state index is 0.00376. The topological polar surface area (TPSA) is 133 Å². The number of hydrogen-bond acceptors (Lipinski definition) is 8. The van der Waals surface area contributed by atoms with Crippen LogP contribution in [0.3, 0.4) is 0 Å². The number of fused-ring (bicyclic) bond motifs is 1. The molecule has 0 spiro atoms. The van der Waals surface area contributed by atoms with Crippen LogP contribution in [0.4, 0.5) is 20.6 Å². The number of methoxy groups -OCH3 is 1. The van der Waals surface area contributed by atoms with Crippen molar-refractivity contribution in [2.45, 2.75) is 0 Å². The van der Waals surface area contributed by atoms with Gasteiger partial charge in [0.25, 0.3) is 17.7 Å². The molecule has 3 aromatic rings. The minimum atomic E-state index is -0.927. The molecule has 5 rings (SSSR count). The van der Waals surface area contributed by atoms with Gasteiger partial charge >= 0.3 is 6.03 Å². The maximum Gasteiger partial charge on any atom is 0.335 e. The van der Waals surface area contributed by atoms with Gasteiger partial charge in [0.05, 0.1) is 17.8 Å². The molecule has 0 aromatic heterocycles. The number of nitrogens with one attached hydrogen (secondary N) is 2. The maximum atomic E-state index is 13.3. The van der Waals surface area contributed by atoms with Gasteiger partial charge in [-0.05, 0) is 60.2 Å². The van der Waals surface area contributed by atoms with E-state index in [2.05, 4.69) is 10.6 Å². The predicted molar refractivity (Wildman–Crippen MR) is 140 cm³/mol. The van der Waals surface area contributed by atoms with Crippen molar-refractivity contribution in [3.8, 4) is 23.0 Å². The highest BCUT2D eigenvalue weighted by Crippen LogP contribution is 2.38. The number of carbonyl (C=O) groups is 4. The van der Waals surface area contributed by atoms with Gasteiger partial charge in [0.1, 0.15) is 11.4 Å². The molecule has 40 heavy (non-hydrogen) atoms. The SMILES string of the molecule is COc1cc(/C=C2\C(=O)NC(=O)N(c3ccc4c(c3)OCO4)C2=O)cc(Cl)c1OCC(=O)Nc1ccc(F)cc1. The zero-order valence-corrected chi connectivity index (χ0v) is 21.4. The molecular weight excluding hydrogens is 549 g/mol. The molecule has 1 fully saturated rings. The maximum absolute atomic E-state index is 13.3. The van der Waals surface area contributed by atoms with Crippen LogP contribution in [0.2, 0.25) is 5.02 Å². The summed E-state index contributed by atoms with van der Waals surface area (Å²) in [6, 6.07) is 11.6. The van der Waals surface area contributed by atoms with Gasteiger partial charge in [-0.3, -0.25) is 19.7 Å². The molecule has 1 saturated heterocycles. The summed E-state index contributed by atoms with van der Waals surface area (Å²) in [6.45, 7) is -0.439. The molecule has 2 aliphatic heterocycles. The quantitative estimate of drug-likeness (QED) is 0.324. The number of rotatable bonds is 7. The highest BCUT2D eigenvalue weighted by molar-refractivity contribution is 6.39. The van der Waals surface area contributed by atoms with Gasteiger partial charge in [-0.25, -0.2) is 14.1 Å². The summed E-state index contributed by atoms with van der Waals surface area (Å²) >= 11 is 6.38. The molecule has 2 aliphatic rings. The van der Waals surface area contributed by atoms with E-state index in [1.165, 1.54) is 61.7 Å². The Kier molecular flexibility index (Phi) is 7.25. The second kappa shape index (κ2) is 10.9. The van der Waals surface area contributed by atoms with E-state index in [4.69, 9.17) is 30.5 Å². The van der Waals surface area contributed by atoms with Crippen molar-refractivity contribution < 1.29 is 42.5 Å². The van der Waals surface area contributed by atoms with Crippen LogP contribution in [0, 0.1) is 5.82 Å². The summed E-state index contributed by atoms with van der Waals surface area (Å²) in [4.78, 5) is 51.4. The summed E-state index contributed by atoms with van der Waals surface area (Å²) in [7, 11) is 1.34. The summed E-state index contributed by atoms with van der Waals surface area (Å²) in [6.07, 6.45) is 1.24. The van der Waals surface area contributed by atoms with Crippen LogP contribution in [-0.2, 0) is 14.4 Å². The molecule has 5 amide bonds. The fourth-order valence-electron chi connectivity index (χ4n) is 3.91. The lowest BCUT2D eigenvalue weighted by molar-refractivity contribution is -0.122. The minimum Gasteiger partial charge on any atom is -0.493 e. The Labute approximate surface area is 231 Å². The summed E-state index contributed by atoms with van der Waals surface area (Å²) < 4.78 is 34.5. The summed E-state index contributed by atoms with van der Waals surface area (Å²) in [5.74, 6) is -1.80. The van der Waals surface area contributed by atoms with Crippen LogP contribution in [-0.4, -0.2) is 44.3 Å². The molecule has 0 bridgehead atoms. The van der Waals surface area contributed by atoms with Gasteiger partial charge in [0.2, 0.25) is 6.79 Å². The average Bonchev–Trinajstić information content (AvgIpc) is 3.39. The number of anilines is 2. The number of benzene rings is 3. The monoisotopic (exact) mass is 567 g/mol. The zero-order chi connectivity index (χ0) is 28.4. The average molecular weight is 568 g/mol. The van der Waals surface area contributed by atoms with Gasteiger partial charge in [0.15, 0.2) is 29.6 Å². The molecule has 2 N–H and O–H groups in total. The molecule has 0 unspecified atom stereocenters. The third kappa shape index (κ3) is 5.38. The van der Waals surface area contributed by atoms with E-state index >= 15 is 0 Å². The Hall–Kier alpha value is -5.10. The number of hydrogen-bond donors (Lipinski definition) is 2. The van der Waals surface area contributed by atoms with Crippen LogP contribution in [0.5, 0.6) is 23.0 Å². The molecule has 0 radical (unpaired) electrons. The highest BCUT2D eigenvalue weighted by atomic mass is 35.5. The van der Waals surface area contributed by atoms with Crippen molar-refractivity contribution in [3.63, 3.8) is 0 Å². The molecule has 204 valence electrons. The van der Waals surface area contributed by atoms with E-state index in [0.29, 0.717) is 17.2 Å². The fraction of sp³-hybridized carbons (Fsp3) is 0.111. The molecule has 0 saturated carbocycles. The van der Waals surface area contributed by atoms with Gasteiger partial charge in [0, 0.05) is 11.8 Å². The second-order valence-electron chi connectivity index (χ2n) is 8.37. The van der Waals surface area contributed by atoms with Crippen molar-refractivity contribution in [1.29, 1.82) is 0 Å². The molecule has 11 nitrogen and oxygen atoms in total. The highest BCUT2D eigenvalue weighted by Gasteiger charge is 2.37. The van der Waals surface area contributed by atoms with Gasteiger partial charge in [-0.1, -0.05) is 11.6 Å². The second-order valence-corrected chi connectivity index (χ2v) is 8.78. The zero-order valence-electron chi connectivity index (χ0n) is 20.7. The Morgan fingerprint density at radius 3 is 2.60 bits per heavy atom. The Balaban J connectivity index is 1.36. The first-order chi connectivity index (χ1) is 19.2. The third-order valence-corrected chi connectivity index (χ3v) is 6.04. The lowest BCUT2D eigenvalue weighted by Crippen LogP contribution is -2.54. The molecular formula is C27H19ClFN3O8.